The largest absolute Gasteiger partial charge is 0.416 e. The van der Waals surface area contributed by atoms with Crippen molar-refractivity contribution in [1.82, 2.24) is 4.98 Å². The molecule has 1 saturated heterocycles. The molecule has 1 aliphatic heterocycles. The number of likely N-dealkylation sites (N-methyl/N-ethyl adjacent to an activating group) is 1. The lowest BCUT2D eigenvalue weighted by Gasteiger charge is -2.33. The molecule has 0 unspecified atom stereocenters. The second-order valence-electron chi connectivity index (χ2n) is 11.0. The van der Waals surface area contributed by atoms with E-state index in [0.717, 1.165) is 4.90 Å². The Morgan fingerprint density at radius 3 is 1.98 bits per heavy atom. The van der Waals surface area contributed by atoms with Gasteiger partial charge < -0.3 is 14.9 Å². The van der Waals surface area contributed by atoms with E-state index >= 15 is 0 Å². The van der Waals surface area contributed by atoms with Gasteiger partial charge >= 0.3 is 12.4 Å². The van der Waals surface area contributed by atoms with Gasteiger partial charge in [0, 0.05) is 25.7 Å². The number of nitrogens with zero attached hydrogens (tertiary/aromatic N) is 3. The number of benzene rings is 2. The number of halogens is 7. The number of amides is 1. The molecule has 226 valence electrons. The van der Waals surface area contributed by atoms with Crippen LogP contribution in [0.25, 0.3) is 11.1 Å². The van der Waals surface area contributed by atoms with Gasteiger partial charge in [-0.15, -0.1) is 0 Å². The van der Waals surface area contributed by atoms with Crippen LogP contribution in [0.4, 0.5) is 42.2 Å². The molecule has 1 amide bonds. The monoisotopic (exact) mass is 597 g/mol. The molecule has 1 aliphatic rings. The Bertz CT molecular complexity index is 1440. The van der Waals surface area contributed by atoms with Crippen LogP contribution in [0.15, 0.2) is 48.7 Å². The summed E-state index contributed by atoms with van der Waals surface area (Å²) in [6, 6.07) is 6.91. The Labute approximate surface area is 238 Å². The van der Waals surface area contributed by atoms with Gasteiger partial charge in [-0.05, 0) is 86.7 Å². The van der Waals surface area contributed by atoms with Gasteiger partial charge in [-0.2, -0.15) is 26.3 Å². The first kappa shape index (κ1) is 31.3. The number of alkyl halides is 6. The Kier molecular flexibility index (Phi) is 8.34. The highest BCUT2D eigenvalue weighted by Gasteiger charge is 2.41. The van der Waals surface area contributed by atoms with Crippen molar-refractivity contribution in [3.63, 3.8) is 0 Å². The molecule has 4 rings (SSSR count). The highest BCUT2D eigenvalue weighted by atomic mass is 19.4. The number of hydrogen-bond acceptors (Lipinski definition) is 4. The number of carbonyl (C=O) groups excluding carboxylic acids is 1. The summed E-state index contributed by atoms with van der Waals surface area (Å²) in [5, 5.41) is 9.89. The standard InChI is InChI=1S/C30H30F7N3O2/c1-17-11-21(31)5-6-23(17)24-15-26(40-9-7-22(41)8-10-40)38-16-25(24)39(4)27(42)28(2,3)18-12-19(29(32,33)34)14-20(13-18)30(35,36)37/h5-6,11-16,22,41H,7-10H2,1-4H3. The Morgan fingerprint density at radius 2 is 1.45 bits per heavy atom. The lowest BCUT2D eigenvalue weighted by Crippen LogP contribution is -2.42. The van der Waals surface area contributed by atoms with Crippen LogP contribution in [0.2, 0.25) is 0 Å². The maximum absolute atomic E-state index is 14.0. The summed E-state index contributed by atoms with van der Waals surface area (Å²) in [6.07, 6.45) is -8.12. The van der Waals surface area contributed by atoms with Crippen molar-refractivity contribution in [2.75, 3.05) is 29.9 Å². The molecule has 1 N–H and O–H groups in total. The van der Waals surface area contributed by atoms with Crippen molar-refractivity contribution in [2.24, 2.45) is 0 Å². The first-order valence-corrected chi connectivity index (χ1v) is 13.2. The van der Waals surface area contributed by atoms with Gasteiger partial charge in [-0.25, -0.2) is 9.37 Å². The third kappa shape index (κ3) is 6.38. The zero-order valence-corrected chi connectivity index (χ0v) is 23.4. The molecule has 5 nitrogen and oxygen atoms in total. The fourth-order valence-corrected chi connectivity index (χ4v) is 5.09. The Morgan fingerprint density at radius 1 is 0.905 bits per heavy atom. The third-order valence-electron chi connectivity index (χ3n) is 7.65. The normalized spacial score (nSPS) is 15.2. The number of aryl methyl sites for hydroxylation is 1. The Hall–Kier alpha value is -3.67. The highest BCUT2D eigenvalue weighted by Crippen LogP contribution is 2.41. The molecule has 0 aliphatic carbocycles. The van der Waals surface area contributed by atoms with E-state index in [-0.39, 0.29) is 11.8 Å². The molecule has 1 aromatic heterocycles. The van der Waals surface area contributed by atoms with Gasteiger partial charge in [0.25, 0.3) is 0 Å². The molecule has 3 aromatic rings. The smallest absolute Gasteiger partial charge is 0.393 e. The van der Waals surface area contributed by atoms with Gasteiger partial charge in [-0.3, -0.25) is 4.79 Å². The number of pyridine rings is 1. The zero-order valence-electron chi connectivity index (χ0n) is 23.4. The minimum absolute atomic E-state index is 0.0193. The summed E-state index contributed by atoms with van der Waals surface area (Å²) in [5.41, 5.74) is -3.53. The molecular weight excluding hydrogens is 567 g/mol. The van der Waals surface area contributed by atoms with Gasteiger partial charge in [-0.1, -0.05) is 6.07 Å². The minimum Gasteiger partial charge on any atom is -0.393 e. The molecule has 0 spiro atoms. The summed E-state index contributed by atoms with van der Waals surface area (Å²) in [4.78, 5) is 21.5. The fourth-order valence-electron chi connectivity index (χ4n) is 5.09. The van der Waals surface area contributed by atoms with Gasteiger partial charge in [0.05, 0.1) is 34.5 Å². The predicted molar refractivity (Wildman–Crippen MR) is 145 cm³/mol. The topological polar surface area (TPSA) is 56.7 Å². The summed E-state index contributed by atoms with van der Waals surface area (Å²) in [6.45, 7) is 5.23. The predicted octanol–water partition coefficient (Wildman–Crippen LogP) is 7.14. The number of aliphatic hydroxyl groups is 1. The van der Waals surface area contributed by atoms with Crippen molar-refractivity contribution < 1.29 is 40.6 Å². The van der Waals surface area contributed by atoms with Crippen molar-refractivity contribution >= 4 is 17.4 Å². The van der Waals surface area contributed by atoms with Crippen LogP contribution in [-0.4, -0.2) is 42.2 Å². The zero-order chi connectivity index (χ0) is 31.2. The number of piperidine rings is 1. The number of aliphatic hydroxyl groups excluding tert-OH is 1. The van der Waals surface area contributed by atoms with E-state index in [0.29, 0.717) is 60.6 Å². The van der Waals surface area contributed by atoms with Crippen LogP contribution >= 0.6 is 0 Å². The lowest BCUT2D eigenvalue weighted by molar-refractivity contribution is -0.143. The molecule has 0 atom stereocenters. The van der Waals surface area contributed by atoms with Crippen molar-refractivity contribution in [1.29, 1.82) is 0 Å². The average Bonchev–Trinajstić information content (AvgIpc) is 2.91. The molecular formula is C30H30F7N3O2. The summed E-state index contributed by atoms with van der Waals surface area (Å²) < 4.78 is 95.3. The van der Waals surface area contributed by atoms with E-state index < -0.39 is 52.3 Å². The van der Waals surface area contributed by atoms with Gasteiger partial charge in [0.2, 0.25) is 5.91 Å². The number of rotatable bonds is 5. The highest BCUT2D eigenvalue weighted by molar-refractivity contribution is 6.03. The number of aromatic nitrogens is 1. The van der Waals surface area contributed by atoms with E-state index in [9.17, 15) is 40.6 Å². The molecule has 42 heavy (non-hydrogen) atoms. The van der Waals surface area contributed by atoms with Gasteiger partial charge in [0.1, 0.15) is 11.6 Å². The van der Waals surface area contributed by atoms with Crippen molar-refractivity contribution in [2.45, 2.75) is 57.5 Å². The molecule has 2 heterocycles. The van der Waals surface area contributed by atoms with Crippen molar-refractivity contribution in [3.8, 4) is 11.1 Å². The minimum atomic E-state index is -5.07. The maximum Gasteiger partial charge on any atom is 0.416 e. The summed E-state index contributed by atoms with van der Waals surface area (Å²) >= 11 is 0. The van der Waals surface area contributed by atoms with E-state index in [2.05, 4.69) is 4.98 Å². The Balaban J connectivity index is 1.81. The van der Waals surface area contributed by atoms with Crippen LogP contribution in [0.3, 0.4) is 0 Å². The fraction of sp³-hybridized carbons (Fsp3) is 0.400. The van der Waals surface area contributed by atoms with Crippen LogP contribution in [0.1, 0.15) is 48.9 Å². The third-order valence-corrected chi connectivity index (χ3v) is 7.65. The number of anilines is 2. The molecule has 12 heteroatoms. The average molecular weight is 598 g/mol. The SMILES string of the molecule is Cc1cc(F)ccc1-c1cc(N2CCC(O)CC2)ncc1N(C)C(=O)C(C)(C)c1cc(C(F)(F)F)cc(C(F)(F)F)c1. The molecule has 2 aromatic carbocycles. The first-order valence-electron chi connectivity index (χ1n) is 13.2. The van der Waals surface area contributed by atoms with Crippen LogP contribution < -0.4 is 9.80 Å². The second kappa shape index (κ2) is 11.2. The number of carbonyl (C=O) groups is 1. The van der Waals surface area contributed by atoms with Crippen LogP contribution in [0, 0.1) is 12.7 Å². The summed E-state index contributed by atoms with van der Waals surface area (Å²) in [5.74, 6) is -0.725. The molecule has 0 bridgehead atoms. The first-order chi connectivity index (χ1) is 19.4. The molecule has 0 radical (unpaired) electrons. The van der Waals surface area contributed by atoms with E-state index in [1.165, 1.54) is 45.3 Å². The molecule has 1 fully saturated rings. The summed E-state index contributed by atoms with van der Waals surface area (Å²) in [7, 11) is 1.36. The van der Waals surface area contributed by atoms with E-state index in [1.54, 1.807) is 13.0 Å². The molecule has 0 saturated carbocycles. The van der Waals surface area contributed by atoms with Crippen LogP contribution in [-0.2, 0) is 22.6 Å². The quantitative estimate of drug-likeness (QED) is 0.318. The maximum atomic E-state index is 14.0. The van der Waals surface area contributed by atoms with E-state index in [1.807, 2.05) is 4.90 Å². The van der Waals surface area contributed by atoms with Gasteiger partial charge in [0.15, 0.2) is 0 Å². The lowest BCUT2D eigenvalue weighted by atomic mass is 9.81. The number of hydrogen-bond donors (Lipinski definition) is 1. The second-order valence-corrected chi connectivity index (χ2v) is 11.0. The van der Waals surface area contributed by atoms with Crippen molar-refractivity contribution in [3.05, 3.63) is 76.7 Å². The van der Waals surface area contributed by atoms with E-state index in [4.69, 9.17) is 0 Å². The van der Waals surface area contributed by atoms with Crippen LogP contribution in [0.5, 0.6) is 0 Å².